The number of fused-ring (bicyclic) bond motifs is 1. The van der Waals surface area contributed by atoms with Crippen molar-refractivity contribution in [2.75, 3.05) is 11.9 Å². The highest BCUT2D eigenvalue weighted by atomic mass is 127. The monoisotopic (exact) mass is 382 g/mol. The second-order valence-corrected chi connectivity index (χ2v) is 6.15. The van der Waals surface area contributed by atoms with Crippen LogP contribution in [0.1, 0.15) is 23.6 Å². The highest BCUT2D eigenvalue weighted by Gasteiger charge is 2.18. The van der Waals surface area contributed by atoms with E-state index in [1.54, 1.807) is 6.07 Å². The summed E-state index contributed by atoms with van der Waals surface area (Å²) in [5.41, 5.74) is 3.66. The number of halogens is 2. The van der Waals surface area contributed by atoms with E-state index in [0.29, 0.717) is 0 Å². The van der Waals surface area contributed by atoms with Gasteiger partial charge in [0.15, 0.2) is 0 Å². The molecule has 2 nitrogen and oxygen atoms in total. The second kappa shape index (κ2) is 6.10. The Bertz CT molecular complexity index is 615. The maximum absolute atomic E-state index is 13.2. The van der Waals surface area contributed by atoms with Gasteiger partial charge in [-0.25, -0.2) is 4.39 Å². The predicted molar refractivity (Wildman–Crippen MR) is 88.2 cm³/mol. The molecule has 20 heavy (non-hydrogen) atoms. The fourth-order valence-electron chi connectivity index (χ4n) is 2.60. The topological polar surface area (TPSA) is 24.1 Å². The molecule has 0 amide bonds. The van der Waals surface area contributed by atoms with Gasteiger partial charge in [0.05, 0.1) is 6.04 Å². The Hall–Kier alpha value is -1.14. The second-order valence-electron chi connectivity index (χ2n) is 4.99. The van der Waals surface area contributed by atoms with E-state index in [9.17, 15) is 4.39 Å². The number of hydrogen-bond donors (Lipinski definition) is 2. The van der Waals surface area contributed by atoms with E-state index in [1.807, 2.05) is 6.07 Å². The lowest BCUT2D eigenvalue weighted by Gasteiger charge is -2.21. The lowest BCUT2D eigenvalue weighted by molar-refractivity contribution is 0.625. The zero-order valence-corrected chi connectivity index (χ0v) is 13.2. The predicted octanol–water partition coefficient (Wildman–Crippen LogP) is 4.08. The van der Waals surface area contributed by atoms with Gasteiger partial charge >= 0.3 is 0 Å². The maximum Gasteiger partial charge on any atom is 0.124 e. The van der Waals surface area contributed by atoms with Crippen LogP contribution in [0.2, 0.25) is 0 Å². The molecule has 0 spiro atoms. The van der Waals surface area contributed by atoms with Crippen LogP contribution in [0.5, 0.6) is 0 Å². The number of hydrogen-bond acceptors (Lipinski definition) is 2. The smallest absolute Gasteiger partial charge is 0.124 e. The van der Waals surface area contributed by atoms with E-state index in [4.69, 9.17) is 0 Å². The lowest BCUT2D eigenvalue weighted by atomic mass is 9.99. The Morgan fingerprint density at radius 1 is 1.20 bits per heavy atom. The molecular formula is C16H16FIN2. The molecule has 0 fully saturated rings. The van der Waals surface area contributed by atoms with Gasteiger partial charge < -0.3 is 10.6 Å². The zero-order chi connectivity index (χ0) is 13.9. The average Bonchev–Trinajstić information content (AvgIpc) is 2.65. The van der Waals surface area contributed by atoms with Crippen molar-refractivity contribution in [2.24, 2.45) is 0 Å². The van der Waals surface area contributed by atoms with Crippen LogP contribution in [0.3, 0.4) is 0 Å². The Morgan fingerprint density at radius 3 is 2.90 bits per heavy atom. The minimum atomic E-state index is -0.192. The molecule has 1 atom stereocenters. The third kappa shape index (κ3) is 2.96. The van der Waals surface area contributed by atoms with Gasteiger partial charge in [0.1, 0.15) is 5.82 Å². The van der Waals surface area contributed by atoms with Crippen molar-refractivity contribution >= 4 is 28.3 Å². The lowest BCUT2D eigenvalue weighted by Crippen LogP contribution is -2.15. The molecule has 0 radical (unpaired) electrons. The molecule has 1 aliphatic heterocycles. The molecule has 0 aliphatic carbocycles. The van der Waals surface area contributed by atoms with Crippen LogP contribution in [0.15, 0.2) is 42.5 Å². The Labute approximate surface area is 131 Å². The number of anilines is 1. The molecule has 1 unspecified atom stereocenters. The van der Waals surface area contributed by atoms with Crippen LogP contribution in [-0.4, -0.2) is 6.54 Å². The molecule has 2 N–H and O–H groups in total. The molecule has 2 aromatic rings. The summed E-state index contributed by atoms with van der Waals surface area (Å²) in [6.45, 7) is 1.89. The number of benzene rings is 2. The summed E-state index contributed by atoms with van der Waals surface area (Å²) in [5.74, 6) is -0.192. The van der Waals surface area contributed by atoms with Gasteiger partial charge in [0, 0.05) is 15.8 Å². The van der Waals surface area contributed by atoms with E-state index in [1.165, 1.54) is 17.2 Å². The first kappa shape index (κ1) is 13.8. The average molecular weight is 382 g/mol. The summed E-state index contributed by atoms with van der Waals surface area (Å²) in [6, 6.07) is 13.6. The Morgan fingerprint density at radius 2 is 2.05 bits per heavy atom. The van der Waals surface area contributed by atoms with Crippen molar-refractivity contribution in [1.82, 2.24) is 5.32 Å². The van der Waals surface area contributed by atoms with Crippen LogP contribution < -0.4 is 10.6 Å². The quantitative estimate of drug-likeness (QED) is 0.766. The van der Waals surface area contributed by atoms with Gasteiger partial charge in [-0.05, 0) is 64.9 Å². The molecule has 0 saturated heterocycles. The minimum absolute atomic E-state index is 0.192. The fourth-order valence-corrected chi connectivity index (χ4v) is 3.24. The van der Waals surface area contributed by atoms with Crippen LogP contribution in [0.4, 0.5) is 10.1 Å². The van der Waals surface area contributed by atoms with Crippen molar-refractivity contribution in [3.63, 3.8) is 0 Å². The largest absolute Gasteiger partial charge is 0.377 e. The van der Waals surface area contributed by atoms with Crippen molar-refractivity contribution in [1.29, 1.82) is 0 Å². The molecule has 0 bridgehead atoms. The minimum Gasteiger partial charge on any atom is -0.377 e. The van der Waals surface area contributed by atoms with Gasteiger partial charge in [0.2, 0.25) is 0 Å². The highest BCUT2D eigenvalue weighted by Crippen LogP contribution is 2.29. The molecule has 104 valence electrons. The molecule has 0 aromatic heterocycles. The number of nitrogens with one attached hydrogen (secondary N) is 2. The van der Waals surface area contributed by atoms with Crippen molar-refractivity contribution in [3.05, 3.63) is 63.0 Å². The van der Waals surface area contributed by atoms with Crippen LogP contribution >= 0.6 is 22.6 Å². The molecule has 0 saturated carbocycles. The van der Waals surface area contributed by atoms with Crippen LogP contribution in [-0.2, 0) is 6.54 Å². The Kier molecular flexibility index (Phi) is 4.21. The van der Waals surface area contributed by atoms with E-state index in [0.717, 1.165) is 28.8 Å². The molecule has 3 rings (SSSR count). The van der Waals surface area contributed by atoms with Gasteiger partial charge in [-0.2, -0.15) is 0 Å². The van der Waals surface area contributed by atoms with Gasteiger partial charge in [0.25, 0.3) is 0 Å². The molecule has 1 heterocycles. The third-order valence-electron chi connectivity index (χ3n) is 3.62. The van der Waals surface area contributed by atoms with Crippen LogP contribution in [0.25, 0.3) is 0 Å². The van der Waals surface area contributed by atoms with E-state index < -0.39 is 0 Å². The normalized spacial score (nSPS) is 18.2. The van der Waals surface area contributed by atoms with Gasteiger partial charge in [-0.3, -0.25) is 0 Å². The van der Waals surface area contributed by atoms with Crippen molar-refractivity contribution in [3.8, 4) is 0 Å². The number of rotatable bonds is 2. The standard InChI is InChI=1S/C16H16FIN2/c17-12-5-6-16(14(18)9-12)20-15-7-8-19-10-11-3-1-2-4-13(11)15/h1-6,9,15,19-20H,7-8,10H2. The first-order chi connectivity index (χ1) is 9.74. The van der Waals surface area contributed by atoms with Crippen molar-refractivity contribution in [2.45, 2.75) is 19.0 Å². The van der Waals surface area contributed by atoms with E-state index in [-0.39, 0.29) is 11.9 Å². The SMILES string of the molecule is Fc1ccc(NC2CCNCc3ccccc32)c(I)c1. The van der Waals surface area contributed by atoms with Gasteiger partial charge in [-0.15, -0.1) is 0 Å². The summed E-state index contributed by atoms with van der Waals surface area (Å²) >= 11 is 2.17. The first-order valence-corrected chi connectivity index (χ1v) is 7.82. The summed E-state index contributed by atoms with van der Waals surface area (Å²) in [7, 11) is 0. The Balaban J connectivity index is 1.90. The van der Waals surface area contributed by atoms with E-state index in [2.05, 4.69) is 57.5 Å². The summed E-state index contributed by atoms with van der Waals surface area (Å²) < 4.78 is 14.1. The summed E-state index contributed by atoms with van der Waals surface area (Å²) in [4.78, 5) is 0. The van der Waals surface area contributed by atoms with Crippen LogP contribution in [0, 0.1) is 9.39 Å². The van der Waals surface area contributed by atoms with Crippen molar-refractivity contribution < 1.29 is 4.39 Å². The molecule has 1 aliphatic rings. The van der Waals surface area contributed by atoms with Gasteiger partial charge in [-0.1, -0.05) is 24.3 Å². The van der Waals surface area contributed by atoms with E-state index >= 15 is 0 Å². The molecule has 2 aromatic carbocycles. The fraction of sp³-hybridized carbons (Fsp3) is 0.250. The maximum atomic E-state index is 13.2. The molecule has 4 heteroatoms. The summed E-state index contributed by atoms with van der Waals surface area (Å²) in [6.07, 6.45) is 1.02. The highest BCUT2D eigenvalue weighted by molar-refractivity contribution is 14.1. The molecular weight excluding hydrogens is 366 g/mol. The zero-order valence-electron chi connectivity index (χ0n) is 11.0. The third-order valence-corrected chi connectivity index (χ3v) is 4.51. The first-order valence-electron chi connectivity index (χ1n) is 6.74. The summed E-state index contributed by atoms with van der Waals surface area (Å²) in [5, 5.41) is 7.00.